The normalized spacial score (nSPS) is 14.9. The Morgan fingerprint density at radius 3 is 2.38 bits per heavy atom. The summed E-state index contributed by atoms with van der Waals surface area (Å²) in [5, 5.41) is 1.21. The Hall–Kier alpha value is -0.690. The van der Waals surface area contributed by atoms with E-state index in [-0.39, 0.29) is 6.04 Å². The Balaban J connectivity index is 2.05. The number of nitrogens with two attached hydrogens (primary N) is 1. The number of hydrogen-bond donors (Lipinski definition) is 1. The van der Waals surface area contributed by atoms with Gasteiger partial charge in [-0.3, -0.25) is 0 Å². The van der Waals surface area contributed by atoms with Gasteiger partial charge in [-0.25, -0.2) is 0 Å². The second kappa shape index (κ2) is 6.20. The minimum absolute atomic E-state index is 0.376. The monoisotopic (exact) mass is 435 g/mol. The van der Waals surface area contributed by atoms with Gasteiger partial charge in [-0.2, -0.15) is 0 Å². The summed E-state index contributed by atoms with van der Waals surface area (Å²) >= 11 is 14.7. The molecule has 0 aliphatic carbocycles. The van der Waals surface area contributed by atoms with Crippen LogP contribution in [-0.2, 0) is 0 Å². The zero-order valence-electron chi connectivity index (χ0n) is 10.9. The van der Waals surface area contributed by atoms with Gasteiger partial charge in [-0.15, -0.1) is 0 Å². The molecule has 0 spiro atoms. The SMILES string of the molecule is NC(c1cc2c(cc1Cl)OCCO2)c1cc(Cl)ccc1I. The number of halogens is 3. The number of benzene rings is 2. The molecule has 0 radical (unpaired) electrons. The van der Waals surface area contributed by atoms with Crippen LogP contribution in [0.15, 0.2) is 30.3 Å². The maximum Gasteiger partial charge on any atom is 0.162 e. The van der Waals surface area contributed by atoms with Crippen LogP contribution < -0.4 is 15.2 Å². The molecule has 0 bridgehead atoms. The molecule has 3 rings (SSSR count). The quantitative estimate of drug-likeness (QED) is 0.710. The second-order valence-electron chi connectivity index (χ2n) is 4.66. The van der Waals surface area contributed by atoms with Crippen LogP contribution in [0.3, 0.4) is 0 Å². The molecular weight excluding hydrogens is 424 g/mol. The zero-order valence-corrected chi connectivity index (χ0v) is 14.6. The molecule has 1 unspecified atom stereocenters. The summed E-state index contributed by atoms with van der Waals surface area (Å²) in [6.45, 7) is 1.05. The Kier molecular flexibility index (Phi) is 4.49. The van der Waals surface area contributed by atoms with E-state index in [9.17, 15) is 0 Å². The molecule has 21 heavy (non-hydrogen) atoms. The van der Waals surface area contributed by atoms with Gasteiger partial charge in [0.05, 0.1) is 6.04 Å². The predicted octanol–water partition coefficient (Wildman–Crippen LogP) is 4.42. The van der Waals surface area contributed by atoms with Gasteiger partial charge in [0.25, 0.3) is 0 Å². The van der Waals surface area contributed by atoms with Gasteiger partial charge in [-0.05, 0) is 58.0 Å². The lowest BCUT2D eigenvalue weighted by Gasteiger charge is -2.22. The van der Waals surface area contributed by atoms with Crippen LogP contribution in [0, 0.1) is 3.57 Å². The number of fused-ring (bicyclic) bond motifs is 1. The predicted molar refractivity (Wildman–Crippen MR) is 92.6 cm³/mol. The van der Waals surface area contributed by atoms with Gasteiger partial charge in [0, 0.05) is 19.7 Å². The molecule has 1 heterocycles. The summed E-state index contributed by atoms with van der Waals surface area (Å²) in [5.41, 5.74) is 8.10. The van der Waals surface area contributed by atoms with Crippen molar-refractivity contribution in [3.63, 3.8) is 0 Å². The molecule has 1 aliphatic heterocycles. The van der Waals surface area contributed by atoms with E-state index >= 15 is 0 Å². The molecule has 0 amide bonds. The molecule has 1 atom stereocenters. The summed E-state index contributed by atoms with van der Waals surface area (Å²) in [7, 11) is 0. The van der Waals surface area contributed by atoms with E-state index in [2.05, 4.69) is 22.6 Å². The number of hydrogen-bond acceptors (Lipinski definition) is 3. The highest BCUT2D eigenvalue weighted by Crippen LogP contribution is 2.39. The van der Waals surface area contributed by atoms with Crippen LogP contribution in [0.4, 0.5) is 0 Å². The smallest absolute Gasteiger partial charge is 0.162 e. The summed E-state index contributed by atoms with van der Waals surface area (Å²) in [6.07, 6.45) is 0. The van der Waals surface area contributed by atoms with Crippen molar-refractivity contribution >= 4 is 45.8 Å². The van der Waals surface area contributed by atoms with Crippen LogP contribution in [0.2, 0.25) is 10.0 Å². The summed E-state index contributed by atoms with van der Waals surface area (Å²) in [6, 6.07) is 8.86. The molecule has 2 N–H and O–H groups in total. The van der Waals surface area contributed by atoms with Crippen molar-refractivity contribution in [2.45, 2.75) is 6.04 Å². The fraction of sp³-hybridized carbons (Fsp3) is 0.200. The van der Waals surface area contributed by atoms with E-state index in [4.69, 9.17) is 38.4 Å². The van der Waals surface area contributed by atoms with Crippen molar-refractivity contribution in [3.8, 4) is 11.5 Å². The lowest BCUT2D eigenvalue weighted by Crippen LogP contribution is -2.18. The fourth-order valence-corrected chi connectivity index (χ4v) is 3.36. The van der Waals surface area contributed by atoms with Crippen molar-refractivity contribution in [2.24, 2.45) is 5.73 Å². The summed E-state index contributed by atoms with van der Waals surface area (Å²) in [5.74, 6) is 1.33. The van der Waals surface area contributed by atoms with Crippen molar-refractivity contribution in [3.05, 3.63) is 55.1 Å². The third-order valence-electron chi connectivity index (χ3n) is 3.29. The standard InChI is InChI=1S/C15H12Cl2INO2/c16-8-1-2-12(18)10(5-8)15(19)9-6-13-14(7-11(9)17)21-4-3-20-13/h1-2,5-7,15H,3-4,19H2. The average molecular weight is 436 g/mol. The molecule has 1 aliphatic rings. The second-order valence-corrected chi connectivity index (χ2v) is 6.67. The lowest BCUT2D eigenvalue weighted by atomic mass is 9.99. The summed E-state index contributed by atoms with van der Waals surface area (Å²) < 4.78 is 12.1. The fourth-order valence-electron chi connectivity index (χ4n) is 2.24. The molecule has 2 aromatic carbocycles. The summed E-state index contributed by atoms with van der Waals surface area (Å²) in [4.78, 5) is 0. The molecule has 0 aromatic heterocycles. The molecular formula is C15H12Cl2INO2. The minimum Gasteiger partial charge on any atom is -0.486 e. The van der Waals surface area contributed by atoms with Crippen molar-refractivity contribution in [1.82, 2.24) is 0 Å². The Morgan fingerprint density at radius 2 is 1.67 bits per heavy atom. The molecule has 2 aromatic rings. The molecule has 110 valence electrons. The molecule has 0 saturated carbocycles. The van der Waals surface area contributed by atoms with Gasteiger partial charge >= 0.3 is 0 Å². The van der Waals surface area contributed by atoms with Crippen LogP contribution in [-0.4, -0.2) is 13.2 Å². The number of rotatable bonds is 2. The van der Waals surface area contributed by atoms with E-state index < -0.39 is 0 Å². The van der Waals surface area contributed by atoms with Gasteiger partial charge in [0.2, 0.25) is 0 Å². The van der Waals surface area contributed by atoms with E-state index in [0.29, 0.717) is 34.8 Å². The maximum atomic E-state index is 6.38. The number of ether oxygens (including phenoxy) is 2. The Bertz CT molecular complexity index is 694. The van der Waals surface area contributed by atoms with Crippen molar-refractivity contribution in [2.75, 3.05) is 13.2 Å². The van der Waals surface area contributed by atoms with Crippen LogP contribution in [0.5, 0.6) is 11.5 Å². The van der Waals surface area contributed by atoms with E-state index in [1.54, 1.807) is 6.07 Å². The molecule has 6 heteroatoms. The third-order valence-corrected chi connectivity index (χ3v) is 4.83. The Morgan fingerprint density at radius 1 is 1.00 bits per heavy atom. The van der Waals surface area contributed by atoms with Crippen LogP contribution in [0.25, 0.3) is 0 Å². The van der Waals surface area contributed by atoms with Crippen molar-refractivity contribution < 1.29 is 9.47 Å². The maximum absolute atomic E-state index is 6.38. The van der Waals surface area contributed by atoms with E-state index in [1.807, 2.05) is 24.3 Å². The van der Waals surface area contributed by atoms with Crippen LogP contribution >= 0.6 is 45.8 Å². The highest BCUT2D eigenvalue weighted by atomic mass is 127. The first-order chi connectivity index (χ1) is 10.1. The Labute approximate surface area is 146 Å². The third kappa shape index (κ3) is 3.08. The largest absolute Gasteiger partial charge is 0.486 e. The first kappa shape index (κ1) is 15.2. The van der Waals surface area contributed by atoms with Gasteiger partial charge in [0.15, 0.2) is 11.5 Å². The zero-order chi connectivity index (χ0) is 15.0. The molecule has 0 saturated heterocycles. The van der Waals surface area contributed by atoms with E-state index in [0.717, 1.165) is 14.7 Å². The lowest BCUT2D eigenvalue weighted by molar-refractivity contribution is 0.171. The van der Waals surface area contributed by atoms with Crippen molar-refractivity contribution in [1.29, 1.82) is 0 Å². The van der Waals surface area contributed by atoms with Gasteiger partial charge in [0.1, 0.15) is 13.2 Å². The van der Waals surface area contributed by atoms with Gasteiger partial charge < -0.3 is 15.2 Å². The highest BCUT2D eigenvalue weighted by molar-refractivity contribution is 14.1. The first-order valence-electron chi connectivity index (χ1n) is 6.36. The minimum atomic E-state index is -0.376. The van der Waals surface area contributed by atoms with Gasteiger partial charge in [-0.1, -0.05) is 23.2 Å². The first-order valence-corrected chi connectivity index (χ1v) is 8.19. The topological polar surface area (TPSA) is 44.5 Å². The molecule has 0 fully saturated rings. The average Bonchev–Trinajstić information content (AvgIpc) is 2.48. The molecule has 3 nitrogen and oxygen atoms in total. The van der Waals surface area contributed by atoms with Crippen LogP contribution in [0.1, 0.15) is 17.2 Å². The highest BCUT2D eigenvalue weighted by Gasteiger charge is 2.21. The van der Waals surface area contributed by atoms with E-state index in [1.165, 1.54) is 0 Å².